The second kappa shape index (κ2) is 4.63. The molecular weight excluding hydrogens is 302 g/mol. The van der Waals surface area contributed by atoms with Gasteiger partial charge in [0.15, 0.2) is 15.7 Å². The number of sulfonamides is 1. The lowest BCUT2D eigenvalue weighted by Crippen LogP contribution is -2.29. The molecule has 0 aliphatic carbocycles. The molecule has 1 aliphatic rings. The van der Waals surface area contributed by atoms with Crippen molar-refractivity contribution in [2.45, 2.75) is 11.7 Å². The molecule has 1 saturated heterocycles. The van der Waals surface area contributed by atoms with Crippen molar-refractivity contribution in [3.8, 4) is 0 Å². The van der Waals surface area contributed by atoms with E-state index in [0.29, 0.717) is 0 Å². The summed E-state index contributed by atoms with van der Waals surface area (Å²) in [5, 5.41) is -0.905. The van der Waals surface area contributed by atoms with Crippen LogP contribution in [0.2, 0.25) is 5.15 Å². The van der Waals surface area contributed by atoms with E-state index in [9.17, 15) is 16.8 Å². The molecule has 18 heavy (non-hydrogen) atoms. The average Bonchev–Trinajstić information content (AvgIpc) is 2.59. The Labute approximate surface area is 110 Å². The first-order valence-corrected chi connectivity index (χ1v) is 8.73. The number of nitrogens with one attached hydrogen (secondary N) is 1. The van der Waals surface area contributed by atoms with E-state index < -0.39 is 25.1 Å². The SMILES string of the molecule is O=S1(=O)CCC(S(=O)(=O)Nc2cncc(Cl)n2)C1. The Morgan fingerprint density at radius 1 is 1.39 bits per heavy atom. The van der Waals surface area contributed by atoms with Crippen LogP contribution < -0.4 is 4.72 Å². The second-order valence-electron chi connectivity index (χ2n) is 3.90. The van der Waals surface area contributed by atoms with Crippen molar-refractivity contribution in [2.24, 2.45) is 0 Å². The Morgan fingerprint density at radius 3 is 2.67 bits per heavy atom. The van der Waals surface area contributed by atoms with Gasteiger partial charge < -0.3 is 0 Å². The van der Waals surface area contributed by atoms with Crippen LogP contribution in [-0.2, 0) is 19.9 Å². The first-order valence-electron chi connectivity index (χ1n) is 4.98. The first-order chi connectivity index (χ1) is 8.28. The Morgan fingerprint density at radius 2 is 2.11 bits per heavy atom. The van der Waals surface area contributed by atoms with Crippen molar-refractivity contribution in [1.82, 2.24) is 9.97 Å². The molecule has 10 heteroatoms. The fraction of sp³-hybridized carbons (Fsp3) is 0.500. The lowest BCUT2D eigenvalue weighted by atomic mass is 10.4. The molecule has 1 N–H and O–H groups in total. The van der Waals surface area contributed by atoms with Gasteiger partial charge in [0.1, 0.15) is 5.15 Å². The molecule has 7 nitrogen and oxygen atoms in total. The zero-order valence-electron chi connectivity index (χ0n) is 9.08. The molecule has 1 aliphatic heterocycles. The molecule has 2 rings (SSSR count). The smallest absolute Gasteiger partial charge is 0.237 e. The van der Waals surface area contributed by atoms with E-state index in [1.165, 1.54) is 12.4 Å². The average molecular weight is 312 g/mol. The van der Waals surface area contributed by atoms with E-state index in [0.717, 1.165) is 0 Å². The molecule has 0 aromatic carbocycles. The maximum atomic E-state index is 11.9. The van der Waals surface area contributed by atoms with Crippen LogP contribution in [0.3, 0.4) is 0 Å². The minimum atomic E-state index is -3.79. The Hall–Kier alpha value is -0.930. The standard InChI is InChI=1S/C8H10ClN3O4S2/c9-7-3-10-4-8(11-7)12-18(15,16)6-1-2-17(13,14)5-6/h3-4,6H,1-2,5H2,(H,11,12). The molecule has 0 spiro atoms. The third kappa shape index (κ3) is 3.09. The fourth-order valence-corrected chi connectivity index (χ4v) is 5.79. The van der Waals surface area contributed by atoms with Gasteiger partial charge in [-0.1, -0.05) is 11.6 Å². The minimum Gasteiger partial charge on any atom is -0.266 e. The highest BCUT2D eigenvalue weighted by Crippen LogP contribution is 2.20. The van der Waals surface area contributed by atoms with Crippen LogP contribution in [0.5, 0.6) is 0 Å². The van der Waals surface area contributed by atoms with Crippen LogP contribution in [0, 0.1) is 0 Å². The van der Waals surface area contributed by atoms with E-state index in [1.54, 1.807) is 0 Å². The first kappa shape index (κ1) is 13.5. The quantitative estimate of drug-likeness (QED) is 0.846. The predicted molar refractivity (Wildman–Crippen MR) is 66.6 cm³/mol. The number of sulfone groups is 1. The predicted octanol–water partition coefficient (Wildman–Crippen LogP) is 0.0588. The van der Waals surface area contributed by atoms with Crippen LogP contribution in [0.4, 0.5) is 5.82 Å². The van der Waals surface area contributed by atoms with Gasteiger partial charge in [-0.2, -0.15) is 0 Å². The highest BCUT2D eigenvalue weighted by Gasteiger charge is 2.37. The molecule has 1 aromatic heterocycles. The number of hydrogen-bond acceptors (Lipinski definition) is 6. The van der Waals surface area contributed by atoms with Gasteiger partial charge in [-0.25, -0.2) is 21.8 Å². The molecule has 1 unspecified atom stereocenters. The summed E-state index contributed by atoms with van der Waals surface area (Å²) in [5.74, 6) is -0.498. The van der Waals surface area contributed by atoms with Crippen LogP contribution in [-0.4, -0.2) is 43.6 Å². The minimum absolute atomic E-state index is 0.0215. The molecule has 1 fully saturated rings. The van der Waals surface area contributed by atoms with E-state index >= 15 is 0 Å². The van der Waals surface area contributed by atoms with E-state index in [4.69, 9.17) is 11.6 Å². The molecular formula is C8H10ClN3O4S2. The van der Waals surface area contributed by atoms with Crippen LogP contribution in [0.15, 0.2) is 12.4 Å². The molecule has 0 bridgehead atoms. The van der Waals surface area contributed by atoms with Crippen molar-refractivity contribution in [3.63, 3.8) is 0 Å². The van der Waals surface area contributed by atoms with Gasteiger partial charge in [0, 0.05) is 0 Å². The summed E-state index contributed by atoms with van der Waals surface area (Å²) in [4.78, 5) is 7.41. The van der Waals surface area contributed by atoms with Crippen molar-refractivity contribution < 1.29 is 16.8 Å². The Bertz CT molecular complexity index is 659. The van der Waals surface area contributed by atoms with E-state index in [2.05, 4.69) is 14.7 Å². The van der Waals surface area contributed by atoms with Gasteiger partial charge >= 0.3 is 0 Å². The topological polar surface area (TPSA) is 106 Å². The number of nitrogens with zero attached hydrogens (tertiary/aromatic N) is 2. The fourth-order valence-electron chi connectivity index (χ4n) is 1.63. The van der Waals surface area contributed by atoms with E-state index in [-0.39, 0.29) is 28.9 Å². The van der Waals surface area contributed by atoms with Crippen molar-refractivity contribution in [3.05, 3.63) is 17.5 Å². The van der Waals surface area contributed by atoms with Gasteiger partial charge in [0.05, 0.1) is 29.1 Å². The molecule has 0 amide bonds. The summed E-state index contributed by atoms with van der Waals surface area (Å²) in [6, 6.07) is 0. The summed E-state index contributed by atoms with van der Waals surface area (Å²) < 4.78 is 48.5. The number of aromatic nitrogens is 2. The lowest BCUT2D eigenvalue weighted by Gasteiger charge is -2.11. The summed E-state index contributed by atoms with van der Waals surface area (Å²) in [5.41, 5.74) is 0. The van der Waals surface area contributed by atoms with E-state index in [1.807, 2.05) is 0 Å². The van der Waals surface area contributed by atoms with Gasteiger partial charge in [-0.3, -0.25) is 9.71 Å². The van der Waals surface area contributed by atoms with Crippen molar-refractivity contribution in [1.29, 1.82) is 0 Å². The number of rotatable bonds is 3. The molecule has 100 valence electrons. The third-order valence-electron chi connectivity index (χ3n) is 2.48. The highest BCUT2D eigenvalue weighted by atomic mass is 35.5. The van der Waals surface area contributed by atoms with Gasteiger partial charge in [-0.05, 0) is 6.42 Å². The summed E-state index contributed by atoms with van der Waals surface area (Å²) in [6.45, 7) is 0. The molecule has 0 radical (unpaired) electrons. The number of anilines is 1. The molecule has 1 aromatic rings. The molecule has 1 atom stereocenters. The maximum absolute atomic E-state index is 11.9. The van der Waals surface area contributed by atoms with Crippen LogP contribution >= 0.6 is 11.6 Å². The highest BCUT2D eigenvalue weighted by molar-refractivity contribution is 7.97. The molecule has 2 heterocycles. The maximum Gasteiger partial charge on any atom is 0.237 e. The van der Waals surface area contributed by atoms with Gasteiger partial charge in [-0.15, -0.1) is 0 Å². The van der Waals surface area contributed by atoms with Crippen LogP contribution in [0.1, 0.15) is 6.42 Å². The van der Waals surface area contributed by atoms with Crippen molar-refractivity contribution >= 4 is 37.3 Å². The Balaban J connectivity index is 2.18. The summed E-state index contributed by atoms with van der Waals surface area (Å²) in [6.07, 6.45) is 2.55. The third-order valence-corrected chi connectivity index (χ3v) is 6.42. The van der Waals surface area contributed by atoms with Crippen molar-refractivity contribution in [2.75, 3.05) is 16.2 Å². The van der Waals surface area contributed by atoms with Gasteiger partial charge in [0.25, 0.3) is 0 Å². The monoisotopic (exact) mass is 311 g/mol. The number of hydrogen-bond donors (Lipinski definition) is 1. The summed E-state index contributed by atoms with van der Waals surface area (Å²) in [7, 11) is -7.05. The van der Waals surface area contributed by atoms with Gasteiger partial charge in [0.2, 0.25) is 10.0 Å². The number of halogens is 1. The largest absolute Gasteiger partial charge is 0.266 e. The Kier molecular flexibility index (Phi) is 3.47. The zero-order chi connectivity index (χ0) is 13.4. The zero-order valence-corrected chi connectivity index (χ0v) is 11.5. The lowest BCUT2D eigenvalue weighted by molar-refractivity contribution is 0.587. The molecule has 0 saturated carbocycles. The summed E-state index contributed by atoms with van der Waals surface area (Å²) >= 11 is 5.57. The second-order valence-corrected chi connectivity index (χ2v) is 8.48. The normalized spacial score (nSPS) is 22.8. The van der Waals surface area contributed by atoms with Crippen LogP contribution in [0.25, 0.3) is 0 Å².